The van der Waals surface area contributed by atoms with Crippen molar-refractivity contribution >= 4 is 5.96 Å². The molecule has 1 fully saturated rings. The van der Waals surface area contributed by atoms with Gasteiger partial charge in [-0.15, -0.1) is 0 Å². The maximum absolute atomic E-state index is 13.8. The lowest BCUT2D eigenvalue weighted by Gasteiger charge is -2.26. The van der Waals surface area contributed by atoms with Crippen LogP contribution in [0.15, 0.2) is 53.5 Å². The molecule has 3 N–H and O–H groups in total. The first-order valence-corrected chi connectivity index (χ1v) is 10.9. The third-order valence-electron chi connectivity index (χ3n) is 5.37. The van der Waals surface area contributed by atoms with Gasteiger partial charge >= 0.3 is 0 Å². The molecule has 0 aromatic heterocycles. The average molecular weight is 413 g/mol. The second kappa shape index (κ2) is 11.7. The second-order valence-electron chi connectivity index (χ2n) is 7.77. The quantitative estimate of drug-likeness (QED) is 0.458. The molecule has 1 aliphatic rings. The van der Waals surface area contributed by atoms with Gasteiger partial charge in [-0.05, 0) is 50.0 Å². The van der Waals surface area contributed by atoms with Gasteiger partial charge in [0, 0.05) is 25.2 Å². The predicted octanol–water partition coefficient (Wildman–Crippen LogP) is 3.60. The summed E-state index contributed by atoms with van der Waals surface area (Å²) in [4.78, 5) is 7.11. The molecular weight excluding hydrogens is 379 g/mol. The fourth-order valence-corrected chi connectivity index (χ4v) is 3.69. The van der Waals surface area contributed by atoms with E-state index in [1.807, 2.05) is 6.92 Å². The van der Waals surface area contributed by atoms with Crippen LogP contribution >= 0.6 is 0 Å². The number of hydrogen-bond donors (Lipinski definition) is 3. The lowest BCUT2D eigenvalue weighted by molar-refractivity contribution is 0.176. The van der Waals surface area contributed by atoms with Gasteiger partial charge in [0.05, 0.1) is 12.6 Å². The fraction of sp³-hybridized carbons (Fsp3) is 0.458. The molecule has 1 atom stereocenters. The topological polar surface area (TPSA) is 59.9 Å². The summed E-state index contributed by atoms with van der Waals surface area (Å²) in [6.07, 6.45) is 3.02. The SMILES string of the molecule is CCNC(=NCc1ccc(CN2CCCCC2)cc1)NCC(O)c1ccccc1F. The highest BCUT2D eigenvalue weighted by Crippen LogP contribution is 2.16. The van der Waals surface area contributed by atoms with Crippen molar-refractivity contribution in [1.29, 1.82) is 0 Å². The second-order valence-corrected chi connectivity index (χ2v) is 7.77. The highest BCUT2D eigenvalue weighted by atomic mass is 19.1. The smallest absolute Gasteiger partial charge is 0.191 e. The van der Waals surface area contributed by atoms with Gasteiger partial charge in [0.15, 0.2) is 5.96 Å². The molecule has 3 rings (SSSR count). The maximum atomic E-state index is 13.8. The van der Waals surface area contributed by atoms with Gasteiger partial charge in [0.2, 0.25) is 0 Å². The minimum atomic E-state index is -0.941. The zero-order valence-electron chi connectivity index (χ0n) is 17.8. The molecule has 0 radical (unpaired) electrons. The molecule has 2 aromatic carbocycles. The van der Waals surface area contributed by atoms with E-state index in [9.17, 15) is 9.50 Å². The van der Waals surface area contributed by atoms with E-state index in [-0.39, 0.29) is 12.1 Å². The number of guanidine groups is 1. The number of aliphatic hydroxyl groups excluding tert-OH is 1. The third kappa shape index (κ3) is 6.82. The predicted molar refractivity (Wildman–Crippen MR) is 120 cm³/mol. The number of nitrogens with one attached hydrogen (secondary N) is 2. The van der Waals surface area contributed by atoms with E-state index in [1.54, 1.807) is 18.2 Å². The minimum Gasteiger partial charge on any atom is -0.386 e. The third-order valence-corrected chi connectivity index (χ3v) is 5.37. The van der Waals surface area contributed by atoms with E-state index in [1.165, 1.54) is 44.0 Å². The van der Waals surface area contributed by atoms with Gasteiger partial charge < -0.3 is 15.7 Å². The van der Waals surface area contributed by atoms with E-state index >= 15 is 0 Å². The summed E-state index contributed by atoms with van der Waals surface area (Å²) in [7, 11) is 0. The van der Waals surface area contributed by atoms with Crippen LogP contribution in [0.3, 0.4) is 0 Å². The number of rotatable bonds is 8. The Bertz CT molecular complexity index is 803. The summed E-state index contributed by atoms with van der Waals surface area (Å²) in [6, 6.07) is 14.9. The number of hydrogen-bond acceptors (Lipinski definition) is 3. The summed E-state index contributed by atoms with van der Waals surface area (Å²) in [5.41, 5.74) is 2.75. The first-order valence-electron chi connectivity index (χ1n) is 10.9. The lowest BCUT2D eigenvalue weighted by atomic mass is 10.1. The molecule has 0 amide bonds. The van der Waals surface area contributed by atoms with Gasteiger partial charge in [-0.25, -0.2) is 9.38 Å². The Morgan fingerprint density at radius 2 is 1.73 bits per heavy atom. The Balaban J connectivity index is 1.52. The minimum absolute atomic E-state index is 0.182. The number of aliphatic imine (C=N–C) groups is 1. The van der Waals surface area contributed by atoms with Gasteiger partial charge in [0.25, 0.3) is 0 Å². The Morgan fingerprint density at radius 1 is 1.03 bits per heavy atom. The van der Waals surface area contributed by atoms with Gasteiger partial charge in [-0.2, -0.15) is 0 Å². The summed E-state index contributed by atoms with van der Waals surface area (Å²) in [6.45, 7) is 6.82. The van der Waals surface area contributed by atoms with Crippen molar-refractivity contribution < 1.29 is 9.50 Å². The van der Waals surface area contributed by atoms with Crippen molar-refractivity contribution in [3.63, 3.8) is 0 Å². The zero-order valence-corrected chi connectivity index (χ0v) is 17.8. The van der Waals surface area contributed by atoms with E-state index in [0.717, 1.165) is 12.1 Å². The highest BCUT2D eigenvalue weighted by molar-refractivity contribution is 5.79. The van der Waals surface area contributed by atoms with E-state index in [0.29, 0.717) is 19.0 Å². The van der Waals surface area contributed by atoms with Crippen LogP contribution in [0, 0.1) is 5.82 Å². The Kier molecular flexibility index (Phi) is 8.66. The molecule has 5 nitrogen and oxygen atoms in total. The lowest BCUT2D eigenvalue weighted by Crippen LogP contribution is -2.39. The molecule has 162 valence electrons. The molecule has 1 saturated heterocycles. The van der Waals surface area contributed by atoms with Crippen molar-refractivity contribution in [2.75, 3.05) is 26.2 Å². The summed E-state index contributed by atoms with van der Waals surface area (Å²) in [5.74, 6) is 0.198. The largest absolute Gasteiger partial charge is 0.386 e. The van der Waals surface area contributed by atoms with Crippen molar-refractivity contribution in [3.8, 4) is 0 Å². The molecule has 2 aromatic rings. The molecule has 0 bridgehead atoms. The van der Waals surface area contributed by atoms with Crippen LogP contribution in [0.4, 0.5) is 4.39 Å². The zero-order chi connectivity index (χ0) is 21.2. The number of aliphatic hydroxyl groups is 1. The molecule has 1 aliphatic heterocycles. The van der Waals surface area contributed by atoms with Gasteiger partial charge in [0.1, 0.15) is 5.82 Å². The normalized spacial score (nSPS) is 16.3. The number of halogens is 1. The van der Waals surface area contributed by atoms with Gasteiger partial charge in [-0.3, -0.25) is 4.90 Å². The molecule has 0 aliphatic carbocycles. The summed E-state index contributed by atoms with van der Waals surface area (Å²) in [5, 5.41) is 16.5. The molecule has 0 saturated carbocycles. The standard InChI is InChI=1S/C24H33FN4O/c1-2-26-24(28-17-23(30)21-8-4-5-9-22(21)25)27-16-19-10-12-20(13-11-19)18-29-14-6-3-7-15-29/h4-5,8-13,23,30H,2-3,6-7,14-18H2,1H3,(H2,26,27,28). The summed E-state index contributed by atoms with van der Waals surface area (Å²) >= 11 is 0. The Morgan fingerprint density at radius 3 is 2.43 bits per heavy atom. The average Bonchev–Trinajstić information content (AvgIpc) is 2.77. The molecule has 6 heteroatoms. The monoisotopic (exact) mass is 412 g/mol. The van der Waals surface area contributed by atoms with Crippen LogP contribution in [0.5, 0.6) is 0 Å². The van der Waals surface area contributed by atoms with Crippen LogP contribution < -0.4 is 10.6 Å². The molecule has 1 unspecified atom stereocenters. The number of nitrogens with zero attached hydrogens (tertiary/aromatic N) is 2. The van der Waals surface area contributed by atoms with Crippen molar-refractivity contribution in [1.82, 2.24) is 15.5 Å². The van der Waals surface area contributed by atoms with E-state index in [4.69, 9.17) is 0 Å². The first kappa shape index (κ1) is 22.2. The fourth-order valence-electron chi connectivity index (χ4n) is 3.69. The van der Waals surface area contributed by atoms with E-state index < -0.39 is 11.9 Å². The van der Waals surface area contributed by atoms with Crippen LogP contribution in [-0.4, -0.2) is 42.1 Å². The summed E-state index contributed by atoms with van der Waals surface area (Å²) < 4.78 is 13.8. The van der Waals surface area contributed by atoms with Crippen LogP contribution in [0.1, 0.15) is 49.0 Å². The molecule has 0 spiro atoms. The number of likely N-dealkylation sites (tertiary alicyclic amines) is 1. The van der Waals surface area contributed by atoms with Crippen LogP contribution in [0.25, 0.3) is 0 Å². The number of benzene rings is 2. The molecule has 1 heterocycles. The highest BCUT2D eigenvalue weighted by Gasteiger charge is 2.13. The maximum Gasteiger partial charge on any atom is 0.191 e. The van der Waals surface area contributed by atoms with Gasteiger partial charge in [-0.1, -0.05) is 48.9 Å². The van der Waals surface area contributed by atoms with Crippen LogP contribution in [0.2, 0.25) is 0 Å². The van der Waals surface area contributed by atoms with Crippen molar-refractivity contribution in [2.24, 2.45) is 4.99 Å². The van der Waals surface area contributed by atoms with E-state index in [2.05, 4.69) is 44.8 Å². The van der Waals surface area contributed by atoms with Crippen LogP contribution in [-0.2, 0) is 13.1 Å². The first-order chi connectivity index (χ1) is 14.7. The number of piperidine rings is 1. The van der Waals surface area contributed by atoms with Crippen molar-refractivity contribution in [3.05, 3.63) is 71.0 Å². The molecule has 30 heavy (non-hydrogen) atoms. The Labute approximate surface area is 179 Å². The van der Waals surface area contributed by atoms with Crippen molar-refractivity contribution in [2.45, 2.75) is 45.4 Å². The molecular formula is C24H33FN4O. The Hall–Kier alpha value is -2.44.